The fourth-order valence-electron chi connectivity index (χ4n) is 1.60. The summed E-state index contributed by atoms with van der Waals surface area (Å²) in [5.74, 6) is 0. The van der Waals surface area contributed by atoms with Crippen LogP contribution in [0.15, 0.2) is 29.6 Å². The van der Waals surface area contributed by atoms with Crippen molar-refractivity contribution in [1.82, 2.24) is 4.90 Å². The first-order valence-electron chi connectivity index (χ1n) is 5.04. The molecule has 0 radical (unpaired) electrons. The minimum Gasteiger partial charge on any atom is -0.336 e. The van der Waals surface area contributed by atoms with E-state index in [1.54, 1.807) is 23.3 Å². The summed E-state index contributed by atoms with van der Waals surface area (Å²) in [7, 11) is 1.80. The van der Waals surface area contributed by atoms with Gasteiger partial charge in [0.2, 0.25) is 0 Å². The minimum absolute atomic E-state index is 0.0629. The molecule has 0 atom stereocenters. The van der Waals surface area contributed by atoms with Gasteiger partial charge in [-0.3, -0.25) is 4.79 Å². The van der Waals surface area contributed by atoms with Crippen LogP contribution in [0.25, 0.3) is 10.1 Å². The zero-order valence-electron chi connectivity index (χ0n) is 8.94. The van der Waals surface area contributed by atoms with Gasteiger partial charge in [-0.2, -0.15) is 0 Å². The lowest BCUT2D eigenvalue weighted by Gasteiger charge is -2.12. The molecule has 2 nitrogen and oxygen atoms in total. The molecule has 0 N–H and O–H groups in total. The van der Waals surface area contributed by atoms with E-state index in [0.717, 1.165) is 13.0 Å². The maximum Gasteiger partial charge on any atom is 0.289 e. The quantitative estimate of drug-likeness (QED) is 0.622. The lowest BCUT2D eigenvalue weighted by Crippen LogP contribution is -2.22. The summed E-state index contributed by atoms with van der Waals surface area (Å²) in [6.45, 7) is 0.741. The molecule has 2 rings (SSSR count). The average Bonchev–Trinajstić information content (AvgIpc) is 2.69. The van der Waals surface area contributed by atoms with Crippen molar-refractivity contribution >= 4 is 42.2 Å². The molecule has 4 heteroatoms. The number of halogens is 1. The second-order valence-corrected chi connectivity index (χ2v) is 5.27. The molecule has 1 amide bonds. The lowest BCUT2D eigenvalue weighted by molar-refractivity contribution is 0.235. The third-order valence-electron chi connectivity index (χ3n) is 2.58. The van der Waals surface area contributed by atoms with Gasteiger partial charge < -0.3 is 4.90 Å². The minimum atomic E-state index is -0.0629. The Morgan fingerprint density at radius 2 is 2.19 bits per heavy atom. The van der Waals surface area contributed by atoms with Crippen molar-refractivity contribution in [3.8, 4) is 0 Å². The number of fused-ring (bicyclic) bond motifs is 1. The van der Waals surface area contributed by atoms with Gasteiger partial charge in [0, 0.05) is 34.2 Å². The molecule has 0 saturated carbocycles. The highest BCUT2D eigenvalue weighted by atomic mass is 79.9. The molecule has 0 saturated heterocycles. The largest absolute Gasteiger partial charge is 0.336 e. The number of nitrogens with zero attached hydrogens (tertiary/aromatic N) is 1. The van der Waals surface area contributed by atoms with Gasteiger partial charge in [-0.25, -0.2) is 0 Å². The zero-order valence-corrected chi connectivity index (χ0v) is 11.3. The Bertz CT molecular complexity index is 508. The van der Waals surface area contributed by atoms with Crippen LogP contribution in [0.3, 0.4) is 0 Å². The Morgan fingerprint density at radius 3 is 2.94 bits per heavy atom. The van der Waals surface area contributed by atoms with Crippen LogP contribution in [0.2, 0.25) is 0 Å². The van der Waals surface area contributed by atoms with Crippen molar-refractivity contribution in [3.63, 3.8) is 0 Å². The molecule has 0 aliphatic carbocycles. The van der Waals surface area contributed by atoms with Gasteiger partial charge in [-0.1, -0.05) is 18.2 Å². The monoisotopic (exact) mass is 297 g/mol. The third-order valence-corrected chi connectivity index (χ3v) is 4.20. The Kier molecular flexibility index (Phi) is 3.61. The predicted octanol–water partition coefficient (Wildman–Crippen LogP) is 3.89. The molecule has 0 unspecified atom stereocenters. The molecule has 2 aromatic rings. The van der Waals surface area contributed by atoms with Gasteiger partial charge >= 0.3 is 0 Å². The van der Waals surface area contributed by atoms with Gasteiger partial charge in [-0.05, 0) is 28.8 Å². The molecular formula is C12H12BrNOS. The second-order valence-electron chi connectivity index (χ2n) is 3.68. The van der Waals surface area contributed by atoms with Crippen molar-refractivity contribution in [2.75, 3.05) is 13.6 Å². The maximum atomic E-state index is 11.0. The Labute approximate surface area is 107 Å². The van der Waals surface area contributed by atoms with E-state index in [1.165, 1.54) is 15.6 Å². The summed E-state index contributed by atoms with van der Waals surface area (Å²) >= 11 is 4.70. The summed E-state index contributed by atoms with van der Waals surface area (Å²) in [6.07, 6.45) is 0.901. The maximum absolute atomic E-state index is 11.0. The molecule has 1 heterocycles. The van der Waals surface area contributed by atoms with Gasteiger partial charge in [0.15, 0.2) is 0 Å². The number of likely N-dealkylation sites (N-methyl/N-ethyl adjacent to an activating group) is 1. The van der Waals surface area contributed by atoms with Crippen LogP contribution in [-0.2, 0) is 6.42 Å². The number of hydrogen-bond acceptors (Lipinski definition) is 2. The van der Waals surface area contributed by atoms with Gasteiger partial charge in [0.25, 0.3) is 4.82 Å². The number of benzene rings is 1. The van der Waals surface area contributed by atoms with E-state index in [2.05, 4.69) is 45.6 Å². The standard InChI is InChI=1S/C12H12BrNOS/c1-14(12(13)15)7-6-9-8-16-11-5-3-2-4-10(9)11/h2-5,8H,6-7H2,1H3. The van der Waals surface area contributed by atoms with Crippen molar-refractivity contribution in [3.05, 3.63) is 35.2 Å². The van der Waals surface area contributed by atoms with E-state index in [1.807, 2.05) is 0 Å². The summed E-state index contributed by atoms with van der Waals surface area (Å²) in [4.78, 5) is 12.6. The smallest absolute Gasteiger partial charge is 0.289 e. The van der Waals surface area contributed by atoms with Crippen LogP contribution >= 0.6 is 27.3 Å². The van der Waals surface area contributed by atoms with Gasteiger partial charge in [0.05, 0.1) is 0 Å². The molecule has 0 bridgehead atoms. The number of carbonyl (C=O) groups excluding carboxylic acids is 1. The van der Waals surface area contributed by atoms with Crippen molar-refractivity contribution in [1.29, 1.82) is 0 Å². The summed E-state index contributed by atoms with van der Waals surface area (Å²) < 4.78 is 1.31. The van der Waals surface area contributed by atoms with Crippen molar-refractivity contribution in [2.45, 2.75) is 6.42 Å². The predicted molar refractivity (Wildman–Crippen MR) is 72.5 cm³/mol. The van der Waals surface area contributed by atoms with Crippen molar-refractivity contribution in [2.24, 2.45) is 0 Å². The molecule has 0 fully saturated rings. The third kappa shape index (κ3) is 2.44. The number of carbonyl (C=O) groups is 1. The molecular weight excluding hydrogens is 286 g/mol. The van der Waals surface area contributed by atoms with E-state index in [-0.39, 0.29) is 4.82 Å². The zero-order chi connectivity index (χ0) is 11.5. The molecule has 1 aromatic heterocycles. The SMILES string of the molecule is CN(CCc1csc2ccccc12)C(=O)Br. The van der Waals surface area contributed by atoms with Crippen LogP contribution < -0.4 is 0 Å². The van der Waals surface area contributed by atoms with E-state index in [9.17, 15) is 4.79 Å². The Morgan fingerprint density at radius 1 is 1.44 bits per heavy atom. The van der Waals surface area contributed by atoms with E-state index in [4.69, 9.17) is 0 Å². The summed E-state index contributed by atoms with van der Waals surface area (Å²) in [5.41, 5.74) is 1.32. The average molecular weight is 298 g/mol. The molecule has 16 heavy (non-hydrogen) atoms. The van der Waals surface area contributed by atoms with Crippen LogP contribution in [0.5, 0.6) is 0 Å². The van der Waals surface area contributed by atoms with E-state index in [0.29, 0.717) is 0 Å². The van der Waals surface area contributed by atoms with Crippen LogP contribution in [0.4, 0.5) is 4.79 Å². The van der Waals surface area contributed by atoms with Crippen LogP contribution in [0.1, 0.15) is 5.56 Å². The highest BCUT2D eigenvalue weighted by Crippen LogP contribution is 2.25. The summed E-state index contributed by atoms with van der Waals surface area (Å²) in [5, 5.41) is 3.49. The van der Waals surface area contributed by atoms with Crippen LogP contribution in [0, 0.1) is 0 Å². The molecule has 0 spiro atoms. The van der Waals surface area contributed by atoms with Gasteiger partial charge in [-0.15, -0.1) is 11.3 Å². The molecule has 0 aliphatic rings. The lowest BCUT2D eigenvalue weighted by atomic mass is 10.1. The molecule has 0 aliphatic heterocycles. The number of thiophene rings is 1. The normalized spacial score (nSPS) is 10.6. The first kappa shape index (κ1) is 11.6. The van der Waals surface area contributed by atoms with Gasteiger partial charge in [0.1, 0.15) is 0 Å². The Balaban J connectivity index is 2.13. The number of amides is 1. The molecule has 1 aromatic carbocycles. The van der Waals surface area contributed by atoms with Crippen LogP contribution in [-0.4, -0.2) is 23.3 Å². The fourth-order valence-corrected chi connectivity index (χ4v) is 2.78. The van der Waals surface area contributed by atoms with E-state index >= 15 is 0 Å². The first-order chi connectivity index (χ1) is 7.68. The Hall–Kier alpha value is -0.870. The second kappa shape index (κ2) is 4.97. The number of rotatable bonds is 3. The fraction of sp³-hybridized carbons (Fsp3) is 0.250. The highest BCUT2D eigenvalue weighted by molar-refractivity contribution is 9.18. The van der Waals surface area contributed by atoms with E-state index < -0.39 is 0 Å². The topological polar surface area (TPSA) is 20.3 Å². The first-order valence-corrected chi connectivity index (χ1v) is 6.71. The number of hydrogen-bond donors (Lipinski definition) is 0. The molecule has 84 valence electrons. The van der Waals surface area contributed by atoms with Crippen molar-refractivity contribution < 1.29 is 4.79 Å². The summed E-state index contributed by atoms with van der Waals surface area (Å²) in [6, 6.07) is 8.37. The highest BCUT2D eigenvalue weighted by Gasteiger charge is 2.07.